The summed E-state index contributed by atoms with van der Waals surface area (Å²) in [5.41, 5.74) is 0.504. The molecule has 2 heterocycles. The molecule has 1 amide bonds. The number of likely N-dealkylation sites (tertiary alicyclic amines) is 1. The number of hydrogen-bond donors (Lipinski definition) is 0. The zero-order chi connectivity index (χ0) is 22.4. The molecule has 31 heavy (non-hydrogen) atoms. The Labute approximate surface area is 182 Å². The molecule has 2 aliphatic rings. The van der Waals surface area contributed by atoms with E-state index < -0.39 is 17.2 Å². The highest BCUT2D eigenvalue weighted by molar-refractivity contribution is 5.90. The number of amides is 1. The van der Waals surface area contributed by atoms with Gasteiger partial charge in [-0.25, -0.2) is 18.6 Å². The van der Waals surface area contributed by atoms with Crippen molar-refractivity contribution in [3.05, 3.63) is 47.4 Å². The summed E-state index contributed by atoms with van der Waals surface area (Å²) in [6, 6.07) is 3.28. The van der Waals surface area contributed by atoms with Crippen molar-refractivity contribution in [3.8, 4) is 11.8 Å². The fourth-order valence-electron chi connectivity index (χ4n) is 3.44. The molecule has 0 aliphatic carbocycles. The lowest BCUT2D eigenvalue weighted by Crippen LogP contribution is -2.43. The van der Waals surface area contributed by atoms with Crippen molar-refractivity contribution in [1.82, 2.24) is 4.90 Å². The van der Waals surface area contributed by atoms with E-state index in [0.29, 0.717) is 31.8 Å². The van der Waals surface area contributed by atoms with Gasteiger partial charge in [0.15, 0.2) is 0 Å². The SMILES string of the molecule is CC(C)(C)OC(=O)N1CCC(C2=N/C(OCc3cc(F)ccc3F)=C\CC#CC2)CC1. The lowest BCUT2D eigenvalue weighted by molar-refractivity contribution is 0.0201. The first-order chi connectivity index (χ1) is 14.7. The van der Waals surface area contributed by atoms with Crippen LogP contribution in [0.2, 0.25) is 0 Å². The summed E-state index contributed by atoms with van der Waals surface area (Å²) in [5, 5.41) is 0. The molecular formula is C24H28F2N2O3. The van der Waals surface area contributed by atoms with Gasteiger partial charge in [-0.3, -0.25) is 0 Å². The standard InChI is InChI=1S/C24H28F2N2O3/c1-24(2,3)31-23(29)28-13-11-17(12-14-28)21-7-5-4-6-8-22(27-21)30-16-18-15-19(25)9-10-20(18)26/h8-10,15,17H,6-7,11-14,16H2,1-3H3/b22-8+,27-21?. The molecule has 1 aromatic carbocycles. The largest absolute Gasteiger partial charge is 0.473 e. The van der Waals surface area contributed by atoms with Crippen LogP contribution in [0.3, 0.4) is 0 Å². The van der Waals surface area contributed by atoms with Gasteiger partial charge in [-0.05, 0) is 57.9 Å². The van der Waals surface area contributed by atoms with Crippen LogP contribution < -0.4 is 0 Å². The molecule has 0 bridgehead atoms. The maximum Gasteiger partial charge on any atom is 0.410 e. The number of rotatable bonds is 4. The third kappa shape index (κ3) is 6.81. The Morgan fingerprint density at radius 1 is 1.23 bits per heavy atom. The van der Waals surface area contributed by atoms with Crippen LogP contribution in [0.1, 0.15) is 52.0 Å². The van der Waals surface area contributed by atoms with Gasteiger partial charge in [-0.15, -0.1) is 0 Å². The smallest absolute Gasteiger partial charge is 0.410 e. The molecule has 0 aromatic heterocycles. The number of nitrogens with zero attached hydrogens (tertiary/aromatic N) is 2. The topological polar surface area (TPSA) is 51.1 Å². The van der Waals surface area contributed by atoms with E-state index in [1.165, 1.54) is 0 Å². The molecule has 1 saturated heterocycles. The molecule has 5 nitrogen and oxygen atoms in total. The van der Waals surface area contributed by atoms with Gasteiger partial charge in [0, 0.05) is 43.1 Å². The highest BCUT2D eigenvalue weighted by Crippen LogP contribution is 2.24. The van der Waals surface area contributed by atoms with Crippen LogP contribution in [0.15, 0.2) is 35.2 Å². The molecule has 0 atom stereocenters. The van der Waals surface area contributed by atoms with E-state index >= 15 is 0 Å². The Bertz CT molecular complexity index is 930. The van der Waals surface area contributed by atoms with E-state index in [1.807, 2.05) is 20.8 Å². The number of allylic oxidation sites excluding steroid dienone is 1. The zero-order valence-corrected chi connectivity index (χ0v) is 18.2. The third-order valence-electron chi connectivity index (χ3n) is 5.03. The maximum atomic E-state index is 13.9. The summed E-state index contributed by atoms with van der Waals surface area (Å²) in [7, 11) is 0. The Hall–Kier alpha value is -2.88. The Morgan fingerprint density at radius 3 is 2.68 bits per heavy atom. The second-order valence-electron chi connectivity index (χ2n) is 8.65. The van der Waals surface area contributed by atoms with Crippen LogP contribution in [0.25, 0.3) is 0 Å². The normalized spacial score (nSPS) is 19.2. The van der Waals surface area contributed by atoms with E-state index in [4.69, 9.17) is 9.47 Å². The predicted molar refractivity (Wildman–Crippen MR) is 114 cm³/mol. The number of carbonyl (C=O) groups excluding carboxylic acids is 1. The number of carbonyl (C=O) groups is 1. The maximum absolute atomic E-state index is 13.9. The molecule has 1 aromatic rings. The van der Waals surface area contributed by atoms with Gasteiger partial charge >= 0.3 is 6.09 Å². The fraction of sp³-hybridized carbons (Fsp3) is 0.500. The van der Waals surface area contributed by atoms with E-state index in [9.17, 15) is 13.6 Å². The van der Waals surface area contributed by atoms with Gasteiger partial charge < -0.3 is 14.4 Å². The Balaban J connectivity index is 1.63. The van der Waals surface area contributed by atoms with Gasteiger partial charge in [-0.2, -0.15) is 0 Å². The van der Waals surface area contributed by atoms with Crippen molar-refractivity contribution in [1.29, 1.82) is 0 Å². The molecule has 1 fully saturated rings. The van der Waals surface area contributed by atoms with Gasteiger partial charge in [0.25, 0.3) is 0 Å². The molecular weight excluding hydrogens is 402 g/mol. The summed E-state index contributed by atoms with van der Waals surface area (Å²) < 4.78 is 38.4. The van der Waals surface area contributed by atoms with Crippen molar-refractivity contribution < 1.29 is 23.0 Å². The third-order valence-corrected chi connectivity index (χ3v) is 5.03. The van der Waals surface area contributed by atoms with Crippen LogP contribution in [0, 0.1) is 29.4 Å². The van der Waals surface area contributed by atoms with E-state index in [2.05, 4.69) is 16.8 Å². The minimum absolute atomic E-state index is 0.114. The minimum Gasteiger partial charge on any atom is -0.473 e. The molecule has 2 aliphatic heterocycles. The number of halogens is 2. The van der Waals surface area contributed by atoms with Crippen LogP contribution in [0.4, 0.5) is 13.6 Å². The molecule has 0 spiro atoms. The van der Waals surface area contributed by atoms with Gasteiger partial charge in [-0.1, -0.05) is 11.8 Å². The average molecular weight is 430 g/mol. The summed E-state index contributed by atoms with van der Waals surface area (Å²) in [6.45, 7) is 6.60. The highest BCUT2D eigenvalue weighted by Gasteiger charge is 2.29. The summed E-state index contributed by atoms with van der Waals surface area (Å²) in [4.78, 5) is 18.7. The fourth-order valence-corrected chi connectivity index (χ4v) is 3.44. The van der Waals surface area contributed by atoms with Gasteiger partial charge in [0.1, 0.15) is 23.8 Å². The predicted octanol–water partition coefficient (Wildman–Crippen LogP) is 5.21. The summed E-state index contributed by atoms with van der Waals surface area (Å²) >= 11 is 0. The first-order valence-electron chi connectivity index (χ1n) is 10.5. The zero-order valence-electron chi connectivity index (χ0n) is 18.2. The van der Waals surface area contributed by atoms with E-state index in [1.54, 1.807) is 11.0 Å². The number of benzene rings is 1. The highest BCUT2D eigenvalue weighted by atomic mass is 19.1. The average Bonchev–Trinajstić information content (AvgIpc) is 2.68. The van der Waals surface area contributed by atoms with Crippen molar-refractivity contribution >= 4 is 11.8 Å². The van der Waals surface area contributed by atoms with Crippen molar-refractivity contribution in [2.45, 2.75) is 58.7 Å². The monoisotopic (exact) mass is 430 g/mol. The van der Waals surface area contributed by atoms with Gasteiger partial charge in [0.2, 0.25) is 5.88 Å². The lowest BCUT2D eigenvalue weighted by Gasteiger charge is -2.33. The van der Waals surface area contributed by atoms with Gasteiger partial charge in [0.05, 0.1) is 0 Å². The molecule has 166 valence electrons. The van der Waals surface area contributed by atoms with Crippen LogP contribution >= 0.6 is 0 Å². The number of piperidine rings is 1. The summed E-state index contributed by atoms with van der Waals surface area (Å²) in [6.07, 6.45) is 3.96. The van der Waals surface area contributed by atoms with Crippen LogP contribution in [-0.4, -0.2) is 35.4 Å². The summed E-state index contributed by atoms with van der Waals surface area (Å²) in [5.74, 6) is 5.66. The molecule has 0 saturated carbocycles. The Kier molecular flexibility index (Phi) is 7.32. The van der Waals surface area contributed by atoms with Crippen molar-refractivity contribution in [2.24, 2.45) is 10.9 Å². The first-order valence-corrected chi connectivity index (χ1v) is 10.5. The van der Waals surface area contributed by atoms with Crippen LogP contribution in [-0.2, 0) is 16.1 Å². The number of aliphatic imine (C=N–C) groups is 1. The molecule has 3 rings (SSSR count). The molecule has 7 heteroatoms. The molecule has 0 radical (unpaired) electrons. The van der Waals surface area contributed by atoms with Crippen molar-refractivity contribution in [3.63, 3.8) is 0 Å². The Morgan fingerprint density at radius 2 is 1.97 bits per heavy atom. The lowest BCUT2D eigenvalue weighted by atomic mass is 9.90. The minimum atomic E-state index is -0.523. The van der Waals surface area contributed by atoms with Crippen LogP contribution in [0.5, 0.6) is 0 Å². The molecule has 0 unspecified atom stereocenters. The van der Waals surface area contributed by atoms with E-state index in [0.717, 1.165) is 36.8 Å². The molecule has 0 N–H and O–H groups in total. The first kappa shape index (κ1) is 22.8. The quantitative estimate of drug-likeness (QED) is 0.617. The number of hydrogen-bond acceptors (Lipinski definition) is 4. The van der Waals surface area contributed by atoms with E-state index in [-0.39, 0.29) is 24.2 Å². The second-order valence-corrected chi connectivity index (χ2v) is 8.65. The number of ether oxygens (including phenoxy) is 2. The van der Waals surface area contributed by atoms with Crippen molar-refractivity contribution in [2.75, 3.05) is 13.1 Å². The second kappa shape index (κ2) is 9.95.